The van der Waals surface area contributed by atoms with E-state index in [0.29, 0.717) is 29.5 Å². The van der Waals surface area contributed by atoms with Gasteiger partial charge in [0, 0.05) is 6.54 Å². The first-order valence-corrected chi connectivity index (χ1v) is 9.94. The molecular formula is C20H27NO3S. The summed E-state index contributed by atoms with van der Waals surface area (Å²) in [5, 5.41) is 0. The van der Waals surface area contributed by atoms with E-state index < -0.39 is 0 Å². The molecule has 1 aliphatic heterocycles. The van der Waals surface area contributed by atoms with Crippen LogP contribution < -0.4 is 4.74 Å². The fraction of sp³-hybridized carbons (Fsp3) is 0.500. The standard InChI is InChI=1S/C20H27NO3S/c1-5-7-12-21-19(22)17(18(20(21)23)25-6-2)15-8-10-16(11-9-15)24-13-14(3)4/h8-11,14H,5-7,12-13H2,1-4H3. The highest BCUT2D eigenvalue weighted by Crippen LogP contribution is 2.36. The van der Waals surface area contributed by atoms with E-state index in [2.05, 4.69) is 20.8 Å². The zero-order chi connectivity index (χ0) is 18.4. The van der Waals surface area contributed by atoms with Gasteiger partial charge in [-0.1, -0.05) is 46.2 Å². The molecule has 0 aromatic heterocycles. The third-order valence-electron chi connectivity index (χ3n) is 3.88. The summed E-state index contributed by atoms with van der Waals surface area (Å²) in [6.07, 6.45) is 1.78. The second-order valence-electron chi connectivity index (χ2n) is 6.48. The summed E-state index contributed by atoms with van der Waals surface area (Å²) >= 11 is 1.45. The number of amides is 2. The number of benzene rings is 1. The number of hydrogen-bond donors (Lipinski definition) is 0. The molecule has 1 aliphatic rings. The van der Waals surface area contributed by atoms with Gasteiger partial charge in [-0.2, -0.15) is 0 Å². The molecule has 1 aromatic carbocycles. The summed E-state index contributed by atoms with van der Waals surface area (Å²) < 4.78 is 5.70. The molecule has 0 radical (unpaired) electrons. The van der Waals surface area contributed by atoms with E-state index in [1.54, 1.807) is 0 Å². The van der Waals surface area contributed by atoms with Crippen molar-refractivity contribution in [3.8, 4) is 5.75 Å². The van der Waals surface area contributed by atoms with Gasteiger partial charge in [0.15, 0.2) is 0 Å². The van der Waals surface area contributed by atoms with Gasteiger partial charge < -0.3 is 4.74 Å². The van der Waals surface area contributed by atoms with Crippen LogP contribution in [0.1, 0.15) is 46.1 Å². The van der Waals surface area contributed by atoms with Crippen molar-refractivity contribution in [1.29, 1.82) is 0 Å². The second-order valence-corrected chi connectivity index (χ2v) is 7.76. The smallest absolute Gasteiger partial charge is 0.267 e. The van der Waals surface area contributed by atoms with Crippen molar-refractivity contribution in [2.24, 2.45) is 5.92 Å². The minimum Gasteiger partial charge on any atom is -0.493 e. The van der Waals surface area contributed by atoms with Crippen LogP contribution >= 0.6 is 11.8 Å². The lowest BCUT2D eigenvalue weighted by Gasteiger charge is -2.14. The predicted octanol–water partition coefficient (Wildman–Crippen LogP) is 4.35. The van der Waals surface area contributed by atoms with Gasteiger partial charge in [0.05, 0.1) is 17.1 Å². The van der Waals surface area contributed by atoms with Gasteiger partial charge in [-0.15, -0.1) is 11.8 Å². The summed E-state index contributed by atoms with van der Waals surface area (Å²) in [7, 11) is 0. The summed E-state index contributed by atoms with van der Waals surface area (Å²) in [4.78, 5) is 27.4. The topological polar surface area (TPSA) is 46.6 Å². The van der Waals surface area contributed by atoms with Gasteiger partial charge in [-0.25, -0.2) is 0 Å². The van der Waals surface area contributed by atoms with E-state index in [4.69, 9.17) is 4.74 Å². The maximum absolute atomic E-state index is 12.8. The minimum atomic E-state index is -0.176. The molecule has 25 heavy (non-hydrogen) atoms. The number of rotatable bonds is 9. The first-order valence-electron chi connectivity index (χ1n) is 8.96. The minimum absolute atomic E-state index is 0.152. The lowest BCUT2D eigenvalue weighted by molar-refractivity contribution is -0.136. The number of ether oxygens (including phenoxy) is 1. The monoisotopic (exact) mass is 361 g/mol. The quantitative estimate of drug-likeness (QED) is 0.613. The first-order chi connectivity index (χ1) is 12.0. The number of carbonyl (C=O) groups is 2. The molecule has 4 nitrogen and oxygen atoms in total. The van der Waals surface area contributed by atoms with Crippen molar-refractivity contribution in [2.45, 2.75) is 40.5 Å². The third-order valence-corrected chi connectivity index (χ3v) is 4.83. The van der Waals surface area contributed by atoms with Crippen LogP contribution in [-0.2, 0) is 9.59 Å². The highest BCUT2D eigenvalue weighted by molar-refractivity contribution is 8.04. The zero-order valence-corrected chi connectivity index (χ0v) is 16.3. The molecule has 0 atom stereocenters. The van der Waals surface area contributed by atoms with Crippen LogP contribution in [-0.4, -0.2) is 35.6 Å². The first kappa shape index (κ1) is 19.6. The van der Waals surface area contributed by atoms with E-state index in [1.165, 1.54) is 16.7 Å². The Hall–Kier alpha value is -1.75. The Balaban J connectivity index is 2.26. The molecule has 1 aromatic rings. The van der Waals surface area contributed by atoms with E-state index in [0.717, 1.165) is 29.9 Å². The van der Waals surface area contributed by atoms with Crippen LogP contribution in [0, 0.1) is 5.92 Å². The summed E-state index contributed by atoms with van der Waals surface area (Å²) in [5.41, 5.74) is 1.31. The van der Waals surface area contributed by atoms with Gasteiger partial charge in [-0.05, 0) is 35.8 Å². The van der Waals surface area contributed by atoms with Gasteiger partial charge in [0.2, 0.25) is 0 Å². The molecule has 0 fully saturated rings. The predicted molar refractivity (Wildman–Crippen MR) is 103 cm³/mol. The fourth-order valence-corrected chi connectivity index (χ4v) is 3.46. The van der Waals surface area contributed by atoms with E-state index in [9.17, 15) is 9.59 Å². The van der Waals surface area contributed by atoms with Crippen molar-refractivity contribution in [3.63, 3.8) is 0 Å². The van der Waals surface area contributed by atoms with Gasteiger partial charge in [0.1, 0.15) is 5.75 Å². The Bertz CT molecular complexity index is 649. The molecule has 1 heterocycles. The number of unbranched alkanes of at least 4 members (excludes halogenated alkanes) is 1. The van der Waals surface area contributed by atoms with Crippen molar-refractivity contribution in [1.82, 2.24) is 4.90 Å². The molecule has 136 valence electrons. The molecule has 0 saturated carbocycles. The van der Waals surface area contributed by atoms with Crippen LogP contribution in [0.15, 0.2) is 29.2 Å². The van der Waals surface area contributed by atoms with E-state index in [-0.39, 0.29) is 11.8 Å². The molecule has 0 N–H and O–H groups in total. The second kappa shape index (κ2) is 9.09. The van der Waals surface area contributed by atoms with E-state index >= 15 is 0 Å². The van der Waals surface area contributed by atoms with Crippen LogP contribution in [0.4, 0.5) is 0 Å². The van der Waals surface area contributed by atoms with Crippen LogP contribution in [0.3, 0.4) is 0 Å². The largest absolute Gasteiger partial charge is 0.493 e. The van der Waals surface area contributed by atoms with Crippen molar-refractivity contribution >= 4 is 29.1 Å². The average molecular weight is 362 g/mol. The number of imide groups is 1. The Morgan fingerprint density at radius 3 is 2.32 bits per heavy atom. The average Bonchev–Trinajstić information content (AvgIpc) is 2.82. The molecule has 2 rings (SSSR count). The third kappa shape index (κ3) is 4.66. The SMILES string of the molecule is CCCCN1C(=O)C(SCC)=C(c2ccc(OCC(C)C)cc2)C1=O. The normalized spacial score (nSPS) is 14.8. The van der Waals surface area contributed by atoms with Gasteiger partial charge >= 0.3 is 0 Å². The Morgan fingerprint density at radius 2 is 1.76 bits per heavy atom. The maximum atomic E-state index is 12.8. The highest BCUT2D eigenvalue weighted by Gasteiger charge is 2.38. The Morgan fingerprint density at radius 1 is 1.08 bits per heavy atom. The molecule has 0 aliphatic carbocycles. The number of nitrogens with zero attached hydrogens (tertiary/aromatic N) is 1. The molecule has 0 saturated heterocycles. The Kier molecular flexibility index (Phi) is 7.12. The molecule has 0 bridgehead atoms. The summed E-state index contributed by atoms with van der Waals surface area (Å²) in [5.74, 6) is 1.67. The van der Waals surface area contributed by atoms with Crippen LogP contribution in [0.2, 0.25) is 0 Å². The van der Waals surface area contributed by atoms with Crippen LogP contribution in [0.5, 0.6) is 5.75 Å². The van der Waals surface area contributed by atoms with Crippen molar-refractivity contribution in [3.05, 3.63) is 34.7 Å². The molecule has 0 unspecified atom stereocenters. The summed E-state index contributed by atoms with van der Waals surface area (Å²) in [6.45, 7) is 9.38. The molecule has 2 amide bonds. The molecular weight excluding hydrogens is 334 g/mol. The number of hydrogen-bond acceptors (Lipinski definition) is 4. The van der Waals surface area contributed by atoms with Gasteiger partial charge in [0.25, 0.3) is 11.8 Å². The lowest BCUT2D eigenvalue weighted by atomic mass is 10.1. The molecule has 5 heteroatoms. The number of thioether (sulfide) groups is 1. The lowest BCUT2D eigenvalue weighted by Crippen LogP contribution is -2.32. The fourth-order valence-electron chi connectivity index (χ4n) is 2.59. The number of carbonyl (C=O) groups excluding carboxylic acids is 2. The van der Waals surface area contributed by atoms with Crippen molar-refractivity contribution in [2.75, 3.05) is 18.9 Å². The summed E-state index contributed by atoms with van der Waals surface area (Å²) in [6, 6.07) is 7.47. The maximum Gasteiger partial charge on any atom is 0.267 e. The van der Waals surface area contributed by atoms with E-state index in [1.807, 2.05) is 31.2 Å². The zero-order valence-electron chi connectivity index (χ0n) is 15.5. The van der Waals surface area contributed by atoms with Crippen molar-refractivity contribution < 1.29 is 14.3 Å². The molecule has 0 spiro atoms. The van der Waals surface area contributed by atoms with Crippen LogP contribution in [0.25, 0.3) is 5.57 Å². The van der Waals surface area contributed by atoms with Gasteiger partial charge in [-0.3, -0.25) is 14.5 Å². The Labute approximate surface area is 154 Å². The highest BCUT2D eigenvalue weighted by atomic mass is 32.2.